The largest absolute Gasteiger partial charge is 0.157 e. The Hall–Kier alpha value is 0.614. The van der Waals surface area contributed by atoms with Gasteiger partial charge in [-0.2, -0.15) is 11.2 Å². The smallest absolute Gasteiger partial charge is 0.131 e. The summed E-state index contributed by atoms with van der Waals surface area (Å²) < 4.78 is 0. The maximum Gasteiger partial charge on any atom is 0.131 e. The molecule has 0 amide bonds. The van der Waals surface area contributed by atoms with E-state index in [1.165, 1.54) is 25.7 Å². The number of rotatable bonds is 11. The molecule has 0 fully saturated rings. The van der Waals surface area contributed by atoms with E-state index in [9.17, 15) is 0 Å². The highest BCUT2D eigenvalue weighted by molar-refractivity contribution is 8.34. The van der Waals surface area contributed by atoms with Gasteiger partial charge in [0, 0.05) is 4.91 Å². The van der Waals surface area contributed by atoms with Crippen molar-refractivity contribution >= 4 is 36.9 Å². The Morgan fingerprint density at radius 1 is 0.700 bits per heavy atom. The third-order valence-electron chi connectivity index (χ3n) is 7.68. The van der Waals surface area contributed by atoms with E-state index < -0.39 is 14.4 Å². The average Bonchev–Trinajstić information content (AvgIpc) is 2.63. The van der Waals surface area contributed by atoms with E-state index >= 15 is 0 Å². The second-order valence-corrected chi connectivity index (χ2v) is 28.3. The molecule has 0 spiro atoms. The van der Waals surface area contributed by atoms with Gasteiger partial charge in [-0.15, -0.1) is 11.2 Å². The van der Waals surface area contributed by atoms with Crippen LogP contribution in [0, 0.1) is 0 Å². The Morgan fingerprint density at radius 2 is 1.13 bits per heavy atom. The van der Waals surface area contributed by atoms with Crippen molar-refractivity contribution in [2.45, 2.75) is 142 Å². The lowest BCUT2D eigenvalue weighted by Crippen LogP contribution is -2.41. The van der Waals surface area contributed by atoms with E-state index in [0.717, 1.165) is 33.2 Å². The molecule has 0 bridgehead atoms. The third-order valence-corrected chi connectivity index (χ3v) is 32.2. The minimum Gasteiger partial charge on any atom is -0.157 e. The number of hydrogen-bond donors (Lipinski definition) is 0. The van der Waals surface area contributed by atoms with Gasteiger partial charge in [-0.3, -0.25) is 0 Å². The van der Waals surface area contributed by atoms with E-state index in [0.29, 0.717) is 0 Å². The maximum absolute atomic E-state index is 2.70. The zero-order valence-electron chi connectivity index (χ0n) is 22.3. The van der Waals surface area contributed by atoms with E-state index in [-0.39, 0.29) is 0 Å². The fraction of sp³-hybridized carbons (Fsp3) is 0.846. The summed E-state index contributed by atoms with van der Waals surface area (Å²) in [4.78, 5) is 1.67. The van der Waals surface area contributed by atoms with Gasteiger partial charge in [0.25, 0.3) is 0 Å². The molecule has 30 heavy (non-hydrogen) atoms. The predicted molar refractivity (Wildman–Crippen MR) is 152 cm³/mol. The normalized spacial score (nSPS) is 17.3. The molecule has 1 aliphatic carbocycles. The summed E-state index contributed by atoms with van der Waals surface area (Å²) in [6, 6.07) is 0. The van der Waals surface area contributed by atoms with Gasteiger partial charge in [-0.05, 0) is 69.9 Å². The first-order chi connectivity index (χ1) is 13.8. The molecule has 0 N–H and O–H groups in total. The lowest BCUT2D eigenvalue weighted by Gasteiger charge is -2.44. The van der Waals surface area contributed by atoms with Gasteiger partial charge in [0.05, 0.1) is 0 Å². The topological polar surface area (TPSA) is 0 Å². The molecule has 0 atom stereocenters. The molecule has 0 saturated carbocycles. The molecule has 0 heterocycles. The standard InChI is InChI=1S/C26H52S2Si2/c1-19(2)29(20(3)4,21(5)6)27-18-26(25-16-14-13-15-17-25)28-30(22(7)8,23(9)10)24(11)12/h16,18-24H,13-15,17H2,1-12H3. The molecule has 1 rings (SSSR count). The van der Waals surface area contributed by atoms with Crippen molar-refractivity contribution in [1.29, 1.82) is 0 Å². The van der Waals surface area contributed by atoms with E-state index in [4.69, 9.17) is 0 Å². The van der Waals surface area contributed by atoms with Gasteiger partial charge in [0.2, 0.25) is 0 Å². The first kappa shape index (κ1) is 28.6. The zero-order chi connectivity index (χ0) is 23.3. The van der Waals surface area contributed by atoms with Crippen LogP contribution in [-0.2, 0) is 0 Å². The van der Waals surface area contributed by atoms with Crippen LogP contribution in [0.3, 0.4) is 0 Å². The highest BCUT2D eigenvalue weighted by Gasteiger charge is 2.46. The molecule has 4 heteroatoms. The summed E-state index contributed by atoms with van der Waals surface area (Å²) in [5.41, 5.74) is 6.46. The van der Waals surface area contributed by atoms with Gasteiger partial charge in [-0.25, -0.2) is 0 Å². The van der Waals surface area contributed by atoms with Crippen molar-refractivity contribution in [2.75, 3.05) is 0 Å². The molecule has 0 aromatic carbocycles. The maximum atomic E-state index is 2.70. The van der Waals surface area contributed by atoms with Crippen molar-refractivity contribution in [3.8, 4) is 0 Å². The third kappa shape index (κ3) is 6.14. The second-order valence-electron chi connectivity index (χ2n) is 11.3. The van der Waals surface area contributed by atoms with Gasteiger partial charge in [0.15, 0.2) is 0 Å². The molecule has 0 aromatic heterocycles. The average molecular weight is 485 g/mol. The van der Waals surface area contributed by atoms with E-state index in [2.05, 4.69) is 117 Å². The van der Waals surface area contributed by atoms with Crippen molar-refractivity contribution < 1.29 is 0 Å². The van der Waals surface area contributed by atoms with Crippen LogP contribution in [0.2, 0.25) is 33.2 Å². The van der Waals surface area contributed by atoms with Crippen LogP contribution in [0.25, 0.3) is 0 Å². The number of allylic oxidation sites excluding steroid dienone is 2. The quantitative estimate of drug-likeness (QED) is 0.267. The summed E-state index contributed by atoms with van der Waals surface area (Å²) in [7, 11) is -3.04. The van der Waals surface area contributed by atoms with Crippen molar-refractivity contribution in [2.24, 2.45) is 0 Å². The Bertz CT molecular complexity index is 542. The van der Waals surface area contributed by atoms with Crippen LogP contribution < -0.4 is 0 Å². The Morgan fingerprint density at radius 3 is 1.47 bits per heavy atom. The fourth-order valence-corrected chi connectivity index (χ4v) is 25.1. The van der Waals surface area contributed by atoms with Crippen LogP contribution in [-0.4, -0.2) is 14.4 Å². The monoisotopic (exact) mass is 484 g/mol. The minimum absolute atomic E-state index is 0.794. The van der Waals surface area contributed by atoms with Crippen LogP contribution >= 0.6 is 22.4 Å². The van der Waals surface area contributed by atoms with E-state index in [1.54, 1.807) is 10.5 Å². The molecule has 176 valence electrons. The van der Waals surface area contributed by atoms with Crippen LogP contribution in [0.5, 0.6) is 0 Å². The van der Waals surface area contributed by atoms with Gasteiger partial charge in [-0.1, -0.05) is 89.2 Å². The minimum atomic E-state index is -1.54. The second kappa shape index (κ2) is 12.2. The van der Waals surface area contributed by atoms with Crippen LogP contribution in [0.1, 0.15) is 109 Å². The molecule has 0 saturated heterocycles. The molecule has 0 radical (unpaired) electrons. The highest BCUT2D eigenvalue weighted by Crippen LogP contribution is 2.56. The lowest BCUT2D eigenvalue weighted by atomic mass is 10.00. The molecule has 0 nitrogen and oxygen atoms in total. The van der Waals surface area contributed by atoms with Crippen LogP contribution in [0.4, 0.5) is 0 Å². The lowest BCUT2D eigenvalue weighted by molar-refractivity contribution is 0.711. The van der Waals surface area contributed by atoms with Crippen molar-refractivity contribution in [3.05, 3.63) is 22.0 Å². The Balaban J connectivity index is 3.51. The molecule has 0 unspecified atom stereocenters. The summed E-state index contributed by atoms with van der Waals surface area (Å²) in [5, 5.41) is 2.70. The summed E-state index contributed by atoms with van der Waals surface area (Å²) in [6.07, 6.45) is 7.90. The van der Waals surface area contributed by atoms with Crippen molar-refractivity contribution in [1.82, 2.24) is 0 Å². The van der Waals surface area contributed by atoms with Crippen molar-refractivity contribution in [3.63, 3.8) is 0 Å². The predicted octanol–water partition coefficient (Wildman–Crippen LogP) is 11.1. The first-order valence-electron chi connectivity index (χ1n) is 12.6. The SMILES string of the molecule is CC(C)[Si](SC=C(S[Si](C(C)C)(C(C)C)C(C)C)C1=CCCCC1)(C(C)C)C(C)C. The molecule has 0 aliphatic heterocycles. The van der Waals surface area contributed by atoms with Gasteiger partial charge in [0.1, 0.15) is 14.4 Å². The first-order valence-corrected chi connectivity index (χ1v) is 20.2. The Kier molecular flexibility index (Phi) is 11.6. The van der Waals surface area contributed by atoms with Gasteiger partial charge >= 0.3 is 0 Å². The summed E-state index contributed by atoms with van der Waals surface area (Å²) in [6.45, 7) is 30.0. The molecular weight excluding hydrogens is 433 g/mol. The zero-order valence-corrected chi connectivity index (χ0v) is 25.9. The number of hydrogen-bond acceptors (Lipinski definition) is 2. The molecule has 0 aromatic rings. The fourth-order valence-electron chi connectivity index (χ4n) is 6.34. The van der Waals surface area contributed by atoms with Gasteiger partial charge < -0.3 is 0 Å². The summed E-state index contributed by atoms with van der Waals surface area (Å²) in [5.74, 6) is 0. The molecule has 1 aliphatic rings. The van der Waals surface area contributed by atoms with Crippen LogP contribution in [0.15, 0.2) is 22.0 Å². The Labute approximate surface area is 200 Å². The highest BCUT2D eigenvalue weighted by atomic mass is 32.4. The summed E-state index contributed by atoms with van der Waals surface area (Å²) >= 11 is 4.69. The van der Waals surface area contributed by atoms with E-state index in [1.807, 2.05) is 0 Å². The molecular formula is C26H52S2Si2.